The number of amides is 1. The minimum absolute atomic E-state index is 0.222. The molecule has 0 unspecified atom stereocenters. The number of halogens is 1. The van der Waals surface area contributed by atoms with Gasteiger partial charge in [-0.05, 0) is 57.9 Å². The van der Waals surface area contributed by atoms with Gasteiger partial charge in [0, 0.05) is 25.0 Å². The molecule has 4 aromatic rings. The van der Waals surface area contributed by atoms with Gasteiger partial charge in [-0.2, -0.15) is 9.37 Å². The smallest absolute Gasteiger partial charge is 0.250 e. The monoisotopic (exact) mass is 463 g/mol. The number of hydrogen-bond donors (Lipinski definition) is 2. The second-order valence-electron chi connectivity index (χ2n) is 8.88. The molecular formula is C23H26FN9O. The van der Waals surface area contributed by atoms with Gasteiger partial charge in [-0.15, -0.1) is 5.10 Å². The van der Waals surface area contributed by atoms with Crippen LogP contribution in [0.5, 0.6) is 0 Å². The Balaban J connectivity index is 1.46. The van der Waals surface area contributed by atoms with E-state index in [1.165, 1.54) is 18.3 Å². The molecule has 0 spiro atoms. The fourth-order valence-corrected chi connectivity index (χ4v) is 4.17. The maximum Gasteiger partial charge on any atom is 0.250 e. The highest BCUT2D eigenvalue weighted by Crippen LogP contribution is 2.34. The zero-order valence-corrected chi connectivity index (χ0v) is 19.2. The molecule has 1 aliphatic rings. The molecule has 0 aromatic carbocycles. The van der Waals surface area contributed by atoms with Gasteiger partial charge in [0.2, 0.25) is 17.8 Å². The summed E-state index contributed by atoms with van der Waals surface area (Å²) in [4.78, 5) is 28.0. The molecule has 10 nitrogen and oxygen atoms in total. The molecule has 0 aliphatic carbocycles. The SMILES string of the molecule is CC(C)n1cnc(Nc2nc(N3CCC[C@@]3(C)C(=O)Nc3ccc(F)nc3)nn3cccc23)c1. The fraction of sp³-hybridized carbons (Fsp3) is 0.348. The predicted octanol–water partition coefficient (Wildman–Crippen LogP) is 3.78. The van der Waals surface area contributed by atoms with Crippen LogP contribution in [0, 0.1) is 5.95 Å². The van der Waals surface area contributed by atoms with Crippen molar-refractivity contribution in [1.29, 1.82) is 0 Å². The minimum Gasteiger partial charge on any atom is -0.333 e. The van der Waals surface area contributed by atoms with Gasteiger partial charge in [-0.3, -0.25) is 4.79 Å². The Bertz CT molecular complexity index is 1330. The maximum absolute atomic E-state index is 13.3. The summed E-state index contributed by atoms with van der Waals surface area (Å²) in [6.45, 7) is 6.66. The standard InChI is InChI=1S/C23H26FN9O/c1-15(2)31-13-19(26-14-31)28-20-17-6-4-11-33(17)30-22(29-20)32-10-5-9-23(32,3)21(34)27-16-7-8-18(24)25-12-16/h4,6-8,11-15H,5,9-10H2,1-3H3,(H,27,34)(H,28,29,30)/t23-/m0/s1. The fourth-order valence-electron chi connectivity index (χ4n) is 4.17. The van der Waals surface area contributed by atoms with Crippen LogP contribution in [0.25, 0.3) is 5.52 Å². The minimum atomic E-state index is -0.883. The molecule has 34 heavy (non-hydrogen) atoms. The van der Waals surface area contributed by atoms with Crippen LogP contribution in [-0.2, 0) is 4.79 Å². The van der Waals surface area contributed by atoms with Crippen LogP contribution in [0.1, 0.15) is 39.7 Å². The number of pyridine rings is 1. The first kappa shape index (κ1) is 21.8. The van der Waals surface area contributed by atoms with Gasteiger partial charge in [0.15, 0.2) is 5.82 Å². The topological polar surface area (TPSA) is 105 Å². The number of carbonyl (C=O) groups is 1. The summed E-state index contributed by atoms with van der Waals surface area (Å²) < 4.78 is 16.9. The zero-order valence-electron chi connectivity index (χ0n) is 19.2. The number of hydrogen-bond acceptors (Lipinski definition) is 7. The van der Waals surface area contributed by atoms with Crippen molar-refractivity contribution in [1.82, 2.24) is 29.1 Å². The first-order valence-corrected chi connectivity index (χ1v) is 11.2. The molecule has 4 aromatic heterocycles. The first-order valence-electron chi connectivity index (χ1n) is 11.2. The van der Waals surface area contributed by atoms with Crippen molar-refractivity contribution < 1.29 is 9.18 Å². The van der Waals surface area contributed by atoms with Crippen molar-refractivity contribution in [3.63, 3.8) is 0 Å². The molecule has 1 atom stereocenters. The molecule has 11 heteroatoms. The van der Waals surface area contributed by atoms with Crippen LogP contribution in [0.15, 0.2) is 49.2 Å². The lowest BCUT2D eigenvalue weighted by molar-refractivity contribution is -0.120. The Morgan fingerprint density at radius 2 is 2.09 bits per heavy atom. The van der Waals surface area contributed by atoms with E-state index in [0.29, 0.717) is 36.2 Å². The van der Waals surface area contributed by atoms with E-state index < -0.39 is 11.5 Å². The number of fused-ring (bicyclic) bond motifs is 1. The lowest BCUT2D eigenvalue weighted by Gasteiger charge is -2.34. The molecule has 2 N–H and O–H groups in total. The number of nitrogens with one attached hydrogen (secondary N) is 2. The van der Waals surface area contributed by atoms with Crippen LogP contribution in [0.3, 0.4) is 0 Å². The summed E-state index contributed by atoms with van der Waals surface area (Å²) in [6.07, 6.45) is 8.28. The second kappa shape index (κ2) is 8.40. The first-order chi connectivity index (χ1) is 16.3. The Morgan fingerprint density at radius 1 is 1.24 bits per heavy atom. The van der Waals surface area contributed by atoms with Crippen LogP contribution in [0.4, 0.5) is 27.7 Å². The highest BCUT2D eigenvalue weighted by molar-refractivity contribution is 6.00. The number of nitrogens with zero attached hydrogens (tertiary/aromatic N) is 7. The van der Waals surface area contributed by atoms with Crippen LogP contribution < -0.4 is 15.5 Å². The Kier molecular flexibility index (Phi) is 5.39. The van der Waals surface area contributed by atoms with E-state index in [-0.39, 0.29) is 11.9 Å². The van der Waals surface area contributed by atoms with E-state index in [9.17, 15) is 9.18 Å². The summed E-state index contributed by atoms with van der Waals surface area (Å²) in [6, 6.07) is 6.80. The molecule has 5 rings (SSSR count). The van der Waals surface area contributed by atoms with E-state index in [2.05, 4.69) is 39.5 Å². The van der Waals surface area contributed by atoms with Crippen molar-refractivity contribution >= 4 is 34.7 Å². The lowest BCUT2D eigenvalue weighted by atomic mass is 9.97. The third kappa shape index (κ3) is 3.93. The molecule has 0 bridgehead atoms. The summed E-state index contributed by atoms with van der Waals surface area (Å²) in [7, 11) is 0. The van der Waals surface area contributed by atoms with Crippen molar-refractivity contribution in [2.24, 2.45) is 0 Å². The van der Waals surface area contributed by atoms with E-state index in [4.69, 9.17) is 4.98 Å². The molecule has 1 amide bonds. The molecule has 1 saturated heterocycles. The van der Waals surface area contributed by atoms with Gasteiger partial charge >= 0.3 is 0 Å². The van der Waals surface area contributed by atoms with Crippen molar-refractivity contribution in [3.8, 4) is 0 Å². The van der Waals surface area contributed by atoms with Crippen molar-refractivity contribution in [2.75, 3.05) is 22.1 Å². The summed E-state index contributed by atoms with van der Waals surface area (Å²) >= 11 is 0. The number of rotatable bonds is 6. The Labute approximate surface area is 195 Å². The third-order valence-corrected chi connectivity index (χ3v) is 6.18. The number of imidazole rings is 1. The average Bonchev–Trinajstić information content (AvgIpc) is 3.55. The summed E-state index contributed by atoms with van der Waals surface area (Å²) in [5.41, 5.74) is 0.348. The van der Waals surface area contributed by atoms with E-state index in [1.807, 2.05) is 40.9 Å². The molecule has 176 valence electrons. The third-order valence-electron chi connectivity index (χ3n) is 6.18. The molecule has 0 radical (unpaired) electrons. The molecule has 1 fully saturated rings. The van der Waals surface area contributed by atoms with Crippen molar-refractivity contribution in [3.05, 3.63) is 55.1 Å². The van der Waals surface area contributed by atoms with Crippen LogP contribution in [-0.4, -0.2) is 47.1 Å². The summed E-state index contributed by atoms with van der Waals surface area (Å²) in [5.74, 6) is 0.883. The van der Waals surface area contributed by atoms with Gasteiger partial charge in [0.25, 0.3) is 0 Å². The van der Waals surface area contributed by atoms with Gasteiger partial charge in [0.1, 0.15) is 16.9 Å². The lowest BCUT2D eigenvalue weighted by Crippen LogP contribution is -2.51. The highest BCUT2D eigenvalue weighted by atomic mass is 19.1. The molecular weight excluding hydrogens is 437 g/mol. The van der Waals surface area contributed by atoms with E-state index in [0.717, 1.165) is 11.9 Å². The highest BCUT2D eigenvalue weighted by Gasteiger charge is 2.45. The van der Waals surface area contributed by atoms with Gasteiger partial charge in [-0.25, -0.2) is 14.5 Å². The van der Waals surface area contributed by atoms with Crippen LogP contribution in [0.2, 0.25) is 0 Å². The molecule has 0 saturated carbocycles. The largest absolute Gasteiger partial charge is 0.333 e. The quantitative estimate of drug-likeness (QED) is 0.419. The van der Waals surface area contributed by atoms with Crippen LogP contribution >= 0.6 is 0 Å². The second-order valence-corrected chi connectivity index (χ2v) is 8.88. The normalized spacial score (nSPS) is 18.1. The molecule has 1 aliphatic heterocycles. The Morgan fingerprint density at radius 3 is 2.82 bits per heavy atom. The number of aromatic nitrogens is 6. The van der Waals surface area contributed by atoms with Gasteiger partial charge < -0.3 is 20.1 Å². The van der Waals surface area contributed by atoms with E-state index in [1.54, 1.807) is 10.8 Å². The van der Waals surface area contributed by atoms with Gasteiger partial charge in [-0.1, -0.05) is 0 Å². The zero-order chi connectivity index (χ0) is 23.9. The number of carbonyl (C=O) groups excluding carboxylic acids is 1. The van der Waals surface area contributed by atoms with E-state index >= 15 is 0 Å². The average molecular weight is 464 g/mol. The van der Waals surface area contributed by atoms with Crippen molar-refractivity contribution in [2.45, 2.75) is 45.2 Å². The maximum atomic E-state index is 13.3. The predicted molar refractivity (Wildman–Crippen MR) is 127 cm³/mol. The summed E-state index contributed by atoms with van der Waals surface area (Å²) in [5, 5.41) is 10.8. The molecule has 5 heterocycles. The number of anilines is 4. The van der Waals surface area contributed by atoms with Gasteiger partial charge in [0.05, 0.1) is 18.2 Å². The Hall–Kier alpha value is -4.02.